The first-order chi connectivity index (χ1) is 13.2. The average molecular weight is 370 g/mol. The van der Waals surface area contributed by atoms with Gasteiger partial charge in [0.25, 0.3) is 0 Å². The van der Waals surface area contributed by atoms with Gasteiger partial charge in [-0.3, -0.25) is 4.68 Å². The van der Waals surface area contributed by atoms with E-state index >= 15 is 0 Å². The number of fused-ring (bicyclic) bond motifs is 2. The highest BCUT2D eigenvalue weighted by molar-refractivity contribution is 5.80. The molecule has 4 heterocycles. The van der Waals surface area contributed by atoms with Gasteiger partial charge in [-0.2, -0.15) is 10.2 Å². The van der Waals surface area contributed by atoms with Crippen LogP contribution in [0.1, 0.15) is 17.9 Å². The van der Waals surface area contributed by atoms with Crippen LogP contribution >= 0.6 is 0 Å². The maximum absolute atomic E-state index is 14.9. The molecule has 27 heavy (non-hydrogen) atoms. The fourth-order valence-electron chi connectivity index (χ4n) is 3.71. The number of rotatable bonds is 3. The molecule has 0 saturated carbocycles. The standard InChI is InChI=1S/C18H16F2N6O/c1-27-18-12(19)5-4-11(15(18)20)16-17(13-3-2-7-25(13)23-16)24-8-6-14-21-9-22-26(14)10-24/h4-6,8-9H,2-3,7,10H2,1H3. The molecule has 1 aromatic carbocycles. The van der Waals surface area contributed by atoms with Gasteiger partial charge < -0.3 is 9.64 Å². The Morgan fingerprint density at radius 1 is 1.19 bits per heavy atom. The topological polar surface area (TPSA) is 61.0 Å². The lowest BCUT2D eigenvalue weighted by Crippen LogP contribution is -2.26. The summed E-state index contributed by atoms with van der Waals surface area (Å²) >= 11 is 0. The van der Waals surface area contributed by atoms with Gasteiger partial charge in [0.2, 0.25) is 0 Å². The average Bonchev–Trinajstić information content (AvgIpc) is 3.36. The Bertz CT molecular complexity index is 1070. The van der Waals surface area contributed by atoms with Crippen LogP contribution in [0.2, 0.25) is 0 Å². The van der Waals surface area contributed by atoms with Crippen molar-refractivity contribution in [3.05, 3.63) is 47.8 Å². The van der Waals surface area contributed by atoms with Crippen molar-refractivity contribution in [3.8, 4) is 17.0 Å². The molecule has 0 aliphatic carbocycles. The summed E-state index contributed by atoms with van der Waals surface area (Å²) in [5, 5.41) is 8.83. The predicted molar refractivity (Wildman–Crippen MR) is 94.0 cm³/mol. The number of halogens is 2. The zero-order valence-corrected chi connectivity index (χ0v) is 14.6. The molecule has 0 N–H and O–H groups in total. The minimum absolute atomic E-state index is 0.211. The number of methoxy groups -OCH3 is 1. The molecule has 0 unspecified atom stereocenters. The fraction of sp³-hybridized carbons (Fsp3) is 0.278. The molecule has 5 rings (SSSR count). The van der Waals surface area contributed by atoms with E-state index in [0.29, 0.717) is 12.4 Å². The molecular formula is C18H16F2N6O. The van der Waals surface area contributed by atoms with Crippen molar-refractivity contribution < 1.29 is 13.5 Å². The summed E-state index contributed by atoms with van der Waals surface area (Å²) in [6, 6.07) is 2.61. The van der Waals surface area contributed by atoms with Crippen LogP contribution in [0.4, 0.5) is 14.5 Å². The zero-order chi connectivity index (χ0) is 18.5. The summed E-state index contributed by atoms with van der Waals surface area (Å²) < 4.78 is 37.4. The predicted octanol–water partition coefficient (Wildman–Crippen LogP) is 2.82. The highest BCUT2D eigenvalue weighted by Gasteiger charge is 2.30. The van der Waals surface area contributed by atoms with E-state index in [1.165, 1.54) is 25.6 Å². The SMILES string of the molecule is COc1c(F)ccc(-c2nn3c(c2N2C=Cc4ncnn4C2)CCC3)c1F. The maximum atomic E-state index is 14.9. The molecule has 0 saturated heterocycles. The van der Waals surface area contributed by atoms with Gasteiger partial charge in [0.05, 0.1) is 18.5 Å². The third-order valence-electron chi connectivity index (χ3n) is 4.94. The van der Waals surface area contributed by atoms with Crippen molar-refractivity contribution in [2.75, 3.05) is 12.0 Å². The summed E-state index contributed by atoms with van der Waals surface area (Å²) in [6.45, 7) is 1.21. The van der Waals surface area contributed by atoms with E-state index in [-0.39, 0.29) is 5.56 Å². The van der Waals surface area contributed by atoms with Crippen LogP contribution < -0.4 is 9.64 Å². The van der Waals surface area contributed by atoms with E-state index in [4.69, 9.17) is 4.74 Å². The van der Waals surface area contributed by atoms with Gasteiger partial charge in [-0.05, 0) is 31.1 Å². The quantitative estimate of drug-likeness (QED) is 0.710. The number of nitrogens with zero attached hydrogens (tertiary/aromatic N) is 6. The molecule has 2 aliphatic rings. The summed E-state index contributed by atoms with van der Waals surface area (Å²) in [7, 11) is 1.25. The molecule has 2 aliphatic heterocycles. The zero-order valence-electron chi connectivity index (χ0n) is 14.6. The Kier molecular flexibility index (Phi) is 3.49. The molecule has 0 radical (unpaired) electrons. The second-order valence-electron chi connectivity index (χ2n) is 6.46. The first kappa shape index (κ1) is 16.0. The Morgan fingerprint density at radius 3 is 2.93 bits per heavy atom. The van der Waals surface area contributed by atoms with Crippen LogP contribution in [0.15, 0.2) is 24.7 Å². The third-order valence-corrected chi connectivity index (χ3v) is 4.94. The van der Waals surface area contributed by atoms with E-state index in [0.717, 1.165) is 36.6 Å². The summed E-state index contributed by atoms with van der Waals surface area (Å²) in [5.41, 5.74) is 2.51. The number of aromatic nitrogens is 5. The summed E-state index contributed by atoms with van der Waals surface area (Å²) in [5.74, 6) is -1.14. The molecule has 7 nitrogen and oxygen atoms in total. The lowest BCUT2D eigenvalue weighted by atomic mass is 10.1. The molecule has 0 fully saturated rings. The largest absolute Gasteiger partial charge is 0.491 e. The number of ether oxygens (including phenoxy) is 1. The van der Waals surface area contributed by atoms with Crippen LogP contribution in [-0.4, -0.2) is 31.7 Å². The van der Waals surface area contributed by atoms with Gasteiger partial charge >= 0.3 is 0 Å². The monoisotopic (exact) mass is 370 g/mol. The molecular weight excluding hydrogens is 354 g/mol. The van der Waals surface area contributed by atoms with Crippen molar-refractivity contribution in [2.45, 2.75) is 26.1 Å². The number of anilines is 1. The maximum Gasteiger partial charge on any atom is 0.191 e. The van der Waals surface area contributed by atoms with Crippen LogP contribution in [-0.2, 0) is 19.6 Å². The van der Waals surface area contributed by atoms with Crippen LogP contribution in [0.5, 0.6) is 5.75 Å². The highest BCUT2D eigenvalue weighted by atomic mass is 19.1. The minimum atomic E-state index is -0.752. The van der Waals surface area contributed by atoms with Crippen molar-refractivity contribution in [2.24, 2.45) is 0 Å². The van der Waals surface area contributed by atoms with E-state index in [1.807, 2.05) is 21.9 Å². The van der Waals surface area contributed by atoms with E-state index in [1.54, 1.807) is 4.68 Å². The Morgan fingerprint density at radius 2 is 2.07 bits per heavy atom. The first-order valence-corrected chi connectivity index (χ1v) is 8.62. The van der Waals surface area contributed by atoms with Gasteiger partial charge in [-0.25, -0.2) is 18.4 Å². The van der Waals surface area contributed by atoms with Crippen molar-refractivity contribution >= 4 is 11.8 Å². The molecule has 0 amide bonds. The summed E-state index contributed by atoms with van der Waals surface area (Å²) in [6.07, 6.45) is 7.06. The molecule has 3 aromatic rings. The van der Waals surface area contributed by atoms with E-state index in [2.05, 4.69) is 15.2 Å². The van der Waals surface area contributed by atoms with Gasteiger partial charge in [0, 0.05) is 18.3 Å². The highest BCUT2D eigenvalue weighted by Crippen LogP contribution is 2.41. The van der Waals surface area contributed by atoms with E-state index < -0.39 is 17.4 Å². The molecule has 0 atom stereocenters. The van der Waals surface area contributed by atoms with Gasteiger partial charge in [-0.1, -0.05) is 0 Å². The molecule has 9 heteroatoms. The van der Waals surface area contributed by atoms with Crippen molar-refractivity contribution in [1.29, 1.82) is 0 Å². The number of hydrogen-bond acceptors (Lipinski definition) is 5. The Hall–Kier alpha value is -3.23. The number of benzene rings is 1. The second-order valence-corrected chi connectivity index (χ2v) is 6.46. The molecule has 138 valence electrons. The number of hydrogen-bond donors (Lipinski definition) is 0. The smallest absolute Gasteiger partial charge is 0.191 e. The van der Waals surface area contributed by atoms with Gasteiger partial charge in [0.15, 0.2) is 23.2 Å². The fourth-order valence-corrected chi connectivity index (χ4v) is 3.71. The van der Waals surface area contributed by atoms with Crippen LogP contribution in [0.3, 0.4) is 0 Å². The minimum Gasteiger partial charge on any atom is -0.491 e. The van der Waals surface area contributed by atoms with Crippen molar-refractivity contribution in [1.82, 2.24) is 24.5 Å². The first-order valence-electron chi connectivity index (χ1n) is 8.62. The normalized spacial score (nSPS) is 15.1. The third kappa shape index (κ3) is 2.34. The molecule has 0 bridgehead atoms. The number of aryl methyl sites for hydroxylation is 1. The molecule has 2 aromatic heterocycles. The Balaban J connectivity index is 1.67. The van der Waals surface area contributed by atoms with E-state index in [9.17, 15) is 8.78 Å². The summed E-state index contributed by atoms with van der Waals surface area (Å²) in [4.78, 5) is 6.14. The lowest BCUT2D eigenvalue weighted by Gasteiger charge is -2.25. The van der Waals surface area contributed by atoms with Crippen LogP contribution in [0, 0.1) is 11.6 Å². The second kappa shape index (κ2) is 5.90. The van der Waals surface area contributed by atoms with Gasteiger partial charge in [0.1, 0.15) is 18.7 Å². The lowest BCUT2D eigenvalue weighted by molar-refractivity contribution is 0.360. The van der Waals surface area contributed by atoms with Crippen LogP contribution in [0.25, 0.3) is 17.3 Å². The van der Waals surface area contributed by atoms with Gasteiger partial charge in [-0.15, -0.1) is 0 Å². The van der Waals surface area contributed by atoms with Crippen molar-refractivity contribution in [3.63, 3.8) is 0 Å². The molecule has 0 spiro atoms. The Labute approximate surface area is 153 Å².